The standard InChI is InChI=1S/C14H22O2S/c1-11(2)14(3,15)9-10-17-13-7-5-12(16-4)6-8-13/h5-8,11,15H,9-10H2,1-4H3. The van der Waals surface area contributed by atoms with Gasteiger partial charge in [-0.3, -0.25) is 0 Å². The number of benzene rings is 1. The zero-order valence-electron chi connectivity index (χ0n) is 11.1. The van der Waals surface area contributed by atoms with Gasteiger partial charge in [-0.25, -0.2) is 0 Å². The van der Waals surface area contributed by atoms with Crippen molar-refractivity contribution >= 4 is 11.8 Å². The zero-order chi connectivity index (χ0) is 12.9. The van der Waals surface area contributed by atoms with Crippen molar-refractivity contribution in [2.24, 2.45) is 5.92 Å². The molecule has 0 saturated carbocycles. The molecule has 96 valence electrons. The van der Waals surface area contributed by atoms with Crippen LogP contribution in [0.15, 0.2) is 29.2 Å². The third-order valence-electron chi connectivity index (χ3n) is 3.18. The van der Waals surface area contributed by atoms with Gasteiger partial charge in [0, 0.05) is 10.6 Å². The van der Waals surface area contributed by atoms with Gasteiger partial charge in [-0.1, -0.05) is 13.8 Å². The molecule has 0 aliphatic carbocycles. The number of aliphatic hydroxyl groups is 1. The van der Waals surface area contributed by atoms with Crippen molar-refractivity contribution < 1.29 is 9.84 Å². The maximum Gasteiger partial charge on any atom is 0.118 e. The average Bonchev–Trinajstić information content (AvgIpc) is 2.29. The third-order valence-corrected chi connectivity index (χ3v) is 4.19. The first-order chi connectivity index (χ1) is 7.95. The fourth-order valence-corrected chi connectivity index (χ4v) is 2.42. The molecule has 1 rings (SSSR count). The van der Waals surface area contributed by atoms with Crippen molar-refractivity contribution in [2.75, 3.05) is 12.9 Å². The molecule has 1 N–H and O–H groups in total. The van der Waals surface area contributed by atoms with E-state index in [1.54, 1.807) is 18.9 Å². The average molecular weight is 254 g/mol. The van der Waals surface area contributed by atoms with Crippen LogP contribution in [0.25, 0.3) is 0 Å². The van der Waals surface area contributed by atoms with E-state index < -0.39 is 5.60 Å². The summed E-state index contributed by atoms with van der Waals surface area (Å²) in [6, 6.07) is 8.02. The summed E-state index contributed by atoms with van der Waals surface area (Å²) in [5.74, 6) is 2.10. The van der Waals surface area contributed by atoms with Crippen molar-refractivity contribution in [3.63, 3.8) is 0 Å². The zero-order valence-corrected chi connectivity index (χ0v) is 11.9. The lowest BCUT2D eigenvalue weighted by atomic mass is 9.90. The summed E-state index contributed by atoms with van der Waals surface area (Å²) in [4.78, 5) is 1.21. The minimum Gasteiger partial charge on any atom is -0.497 e. The van der Waals surface area contributed by atoms with Gasteiger partial charge in [-0.05, 0) is 43.5 Å². The molecule has 1 aromatic carbocycles. The summed E-state index contributed by atoms with van der Waals surface area (Å²) in [5, 5.41) is 10.1. The van der Waals surface area contributed by atoms with E-state index >= 15 is 0 Å². The molecule has 0 fully saturated rings. The van der Waals surface area contributed by atoms with Crippen LogP contribution in [0.5, 0.6) is 5.75 Å². The highest BCUT2D eigenvalue weighted by atomic mass is 32.2. The first kappa shape index (κ1) is 14.4. The van der Waals surface area contributed by atoms with Crippen LogP contribution in [0.1, 0.15) is 27.2 Å². The molecule has 1 atom stereocenters. The van der Waals surface area contributed by atoms with Gasteiger partial charge in [0.05, 0.1) is 12.7 Å². The summed E-state index contributed by atoms with van der Waals surface area (Å²) < 4.78 is 5.11. The van der Waals surface area contributed by atoms with Crippen LogP contribution in [-0.2, 0) is 0 Å². The molecule has 2 nitrogen and oxygen atoms in total. The fourth-order valence-electron chi connectivity index (χ4n) is 1.34. The molecule has 3 heteroatoms. The van der Waals surface area contributed by atoms with Crippen molar-refractivity contribution in [3.05, 3.63) is 24.3 Å². The van der Waals surface area contributed by atoms with E-state index in [1.165, 1.54) is 4.90 Å². The Hall–Kier alpha value is -0.670. The molecule has 1 aromatic rings. The van der Waals surface area contributed by atoms with Crippen LogP contribution in [0.4, 0.5) is 0 Å². The Labute approximate surface area is 108 Å². The number of methoxy groups -OCH3 is 1. The van der Waals surface area contributed by atoms with E-state index in [1.807, 2.05) is 31.2 Å². The minimum absolute atomic E-state index is 0.291. The van der Waals surface area contributed by atoms with Crippen LogP contribution < -0.4 is 4.74 Å². The molecule has 0 bridgehead atoms. The Morgan fingerprint density at radius 3 is 2.35 bits per heavy atom. The molecule has 0 aromatic heterocycles. The third kappa shape index (κ3) is 4.60. The van der Waals surface area contributed by atoms with Crippen molar-refractivity contribution in [2.45, 2.75) is 37.7 Å². The Bertz CT molecular complexity index is 331. The molecule has 0 amide bonds. The van der Waals surface area contributed by atoms with Gasteiger partial charge in [0.2, 0.25) is 0 Å². The van der Waals surface area contributed by atoms with Crippen LogP contribution in [-0.4, -0.2) is 23.6 Å². The first-order valence-electron chi connectivity index (χ1n) is 5.95. The lowest BCUT2D eigenvalue weighted by molar-refractivity contribution is 0.0111. The second-order valence-corrected chi connectivity index (χ2v) is 5.95. The second-order valence-electron chi connectivity index (χ2n) is 4.79. The lowest BCUT2D eigenvalue weighted by Gasteiger charge is -2.27. The quantitative estimate of drug-likeness (QED) is 0.787. The highest BCUT2D eigenvalue weighted by Gasteiger charge is 2.23. The van der Waals surface area contributed by atoms with E-state index in [9.17, 15) is 5.11 Å². The van der Waals surface area contributed by atoms with E-state index in [0.717, 1.165) is 17.9 Å². The Morgan fingerprint density at radius 2 is 1.88 bits per heavy atom. The van der Waals surface area contributed by atoms with Crippen LogP contribution in [0.2, 0.25) is 0 Å². The second kappa shape index (κ2) is 6.31. The van der Waals surface area contributed by atoms with Crippen molar-refractivity contribution in [1.82, 2.24) is 0 Å². The van der Waals surface area contributed by atoms with Gasteiger partial charge in [-0.15, -0.1) is 11.8 Å². The summed E-state index contributed by atoms with van der Waals surface area (Å²) in [6.45, 7) is 6.02. The predicted octanol–water partition coefficient (Wildman–Crippen LogP) is 3.58. The topological polar surface area (TPSA) is 29.5 Å². The molecular weight excluding hydrogens is 232 g/mol. The minimum atomic E-state index is -0.570. The van der Waals surface area contributed by atoms with Gasteiger partial charge in [-0.2, -0.15) is 0 Å². The van der Waals surface area contributed by atoms with Gasteiger partial charge in [0.1, 0.15) is 5.75 Å². The molecule has 0 aliphatic rings. The monoisotopic (exact) mass is 254 g/mol. The smallest absolute Gasteiger partial charge is 0.118 e. The number of rotatable bonds is 6. The molecule has 0 aliphatic heterocycles. The molecule has 0 radical (unpaired) electrons. The molecule has 0 saturated heterocycles. The Balaban J connectivity index is 2.40. The molecular formula is C14H22O2S. The summed E-state index contributed by atoms with van der Waals surface area (Å²) in [7, 11) is 1.67. The maximum absolute atomic E-state index is 10.1. The van der Waals surface area contributed by atoms with Crippen LogP contribution >= 0.6 is 11.8 Å². The highest BCUT2D eigenvalue weighted by molar-refractivity contribution is 7.99. The summed E-state index contributed by atoms with van der Waals surface area (Å²) in [5.41, 5.74) is -0.570. The van der Waals surface area contributed by atoms with Gasteiger partial charge < -0.3 is 9.84 Å². The molecule has 0 spiro atoms. The summed E-state index contributed by atoms with van der Waals surface area (Å²) in [6.07, 6.45) is 0.807. The largest absolute Gasteiger partial charge is 0.497 e. The molecule has 17 heavy (non-hydrogen) atoms. The molecule has 1 unspecified atom stereocenters. The normalized spacial score (nSPS) is 14.7. The Morgan fingerprint density at radius 1 is 1.29 bits per heavy atom. The van der Waals surface area contributed by atoms with Gasteiger partial charge in [0.25, 0.3) is 0 Å². The SMILES string of the molecule is COc1ccc(SCCC(C)(O)C(C)C)cc1. The fraction of sp³-hybridized carbons (Fsp3) is 0.571. The van der Waals surface area contributed by atoms with E-state index in [4.69, 9.17) is 4.74 Å². The van der Waals surface area contributed by atoms with Crippen molar-refractivity contribution in [1.29, 1.82) is 0 Å². The Kier molecular flexibility index (Phi) is 5.34. The highest BCUT2D eigenvalue weighted by Crippen LogP contribution is 2.27. The molecule has 0 heterocycles. The summed E-state index contributed by atoms with van der Waals surface area (Å²) >= 11 is 1.77. The van der Waals surface area contributed by atoms with E-state index in [-0.39, 0.29) is 0 Å². The van der Waals surface area contributed by atoms with Crippen molar-refractivity contribution in [3.8, 4) is 5.75 Å². The lowest BCUT2D eigenvalue weighted by Crippen LogP contribution is -2.31. The first-order valence-corrected chi connectivity index (χ1v) is 6.93. The van der Waals surface area contributed by atoms with Gasteiger partial charge in [0.15, 0.2) is 0 Å². The van der Waals surface area contributed by atoms with Gasteiger partial charge >= 0.3 is 0 Å². The number of hydrogen-bond donors (Lipinski definition) is 1. The number of ether oxygens (including phenoxy) is 1. The van der Waals surface area contributed by atoms with E-state index in [2.05, 4.69) is 13.8 Å². The number of thioether (sulfide) groups is 1. The predicted molar refractivity (Wildman–Crippen MR) is 73.8 cm³/mol. The van der Waals surface area contributed by atoms with Crippen LogP contribution in [0.3, 0.4) is 0 Å². The van der Waals surface area contributed by atoms with Crippen LogP contribution in [0, 0.1) is 5.92 Å². The van der Waals surface area contributed by atoms with E-state index in [0.29, 0.717) is 5.92 Å². The number of hydrogen-bond acceptors (Lipinski definition) is 3. The maximum atomic E-state index is 10.1.